The van der Waals surface area contributed by atoms with E-state index in [0.29, 0.717) is 0 Å². The highest BCUT2D eigenvalue weighted by atomic mass is 32.1. The fraction of sp³-hybridized carbons (Fsp3) is 0.429. The summed E-state index contributed by atoms with van der Waals surface area (Å²) in [6.07, 6.45) is 0.846. The van der Waals surface area contributed by atoms with Crippen LogP contribution in [0.4, 0.5) is 11.6 Å². The predicted molar refractivity (Wildman–Crippen MR) is 82.0 cm³/mol. The first kappa shape index (κ1) is 13.8. The molecule has 2 aromatic rings. The van der Waals surface area contributed by atoms with Gasteiger partial charge in [0.1, 0.15) is 17.5 Å². The van der Waals surface area contributed by atoms with E-state index in [1.165, 1.54) is 4.88 Å². The van der Waals surface area contributed by atoms with Crippen LogP contribution in [0.15, 0.2) is 23.6 Å². The quantitative estimate of drug-likeness (QED) is 0.880. The third-order valence-corrected chi connectivity index (χ3v) is 3.66. The van der Waals surface area contributed by atoms with E-state index >= 15 is 0 Å². The maximum absolute atomic E-state index is 4.59. The lowest BCUT2D eigenvalue weighted by atomic mass is 10.3. The van der Waals surface area contributed by atoms with E-state index in [-0.39, 0.29) is 0 Å². The summed E-state index contributed by atoms with van der Waals surface area (Å²) in [5, 5.41) is 5.36. The molecule has 0 aliphatic heterocycles. The summed E-state index contributed by atoms with van der Waals surface area (Å²) in [4.78, 5) is 12.6. The Balaban J connectivity index is 2.19. The number of nitrogens with one attached hydrogen (secondary N) is 1. The standard InChI is InChI=1S/C14H20N4S/c1-4-12-16-13(15-5-2)9-14(17-12)18(3)10-11-7-6-8-19-11/h6-9H,4-5,10H2,1-3H3,(H,15,16,17). The van der Waals surface area contributed by atoms with Gasteiger partial charge in [-0.15, -0.1) is 11.3 Å². The predicted octanol–water partition coefficient (Wildman–Crippen LogP) is 3.17. The van der Waals surface area contributed by atoms with E-state index in [4.69, 9.17) is 0 Å². The number of thiophene rings is 1. The minimum absolute atomic E-state index is 0.846. The first-order valence-electron chi connectivity index (χ1n) is 6.58. The van der Waals surface area contributed by atoms with Crippen LogP contribution in [0.2, 0.25) is 0 Å². The van der Waals surface area contributed by atoms with Gasteiger partial charge in [-0.3, -0.25) is 0 Å². The fourth-order valence-electron chi connectivity index (χ4n) is 1.83. The lowest BCUT2D eigenvalue weighted by molar-refractivity contribution is 0.866. The van der Waals surface area contributed by atoms with Crippen molar-refractivity contribution in [3.8, 4) is 0 Å². The van der Waals surface area contributed by atoms with Crippen LogP contribution < -0.4 is 10.2 Å². The Kier molecular flexibility index (Phi) is 4.74. The second-order valence-corrected chi connectivity index (χ2v) is 5.38. The van der Waals surface area contributed by atoms with Gasteiger partial charge < -0.3 is 10.2 Å². The van der Waals surface area contributed by atoms with Gasteiger partial charge in [-0.1, -0.05) is 13.0 Å². The molecular formula is C14H20N4S. The molecule has 19 heavy (non-hydrogen) atoms. The maximum Gasteiger partial charge on any atom is 0.134 e. The number of anilines is 2. The second-order valence-electron chi connectivity index (χ2n) is 4.35. The highest BCUT2D eigenvalue weighted by molar-refractivity contribution is 7.09. The van der Waals surface area contributed by atoms with E-state index in [2.05, 4.69) is 58.6 Å². The van der Waals surface area contributed by atoms with Gasteiger partial charge in [0, 0.05) is 31.0 Å². The molecule has 2 rings (SSSR count). The Hall–Kier alpha value is -1.62. The molecular weight excluding hydrogens is 256 g/mol. The molecule has 0 atom stereocenters. The van der Waals surface area contributed by atoms with Gasteiger partial charge in [0.2, 0.25) is 0 Å². The Bertz CT molecular complexity index is 510. The zero-order valence-electron chi connectivity index (χ0n) is 11.7. The van der Waals surface area contributed by atoms with Gasteiger partial charge in [-0.05, 0) is 18.4 Å². The molecule has 1 N–H and O–H groups in total. The van der Waals surface area contributed by atoms with Crippen LogP contribution in [0, 0.1) is 0 Å². The van der Waals surface area contributed by atoms with Crippen LogP contribution in [0.5, 0.6) is 0 Å². The Morgan fingerprint density at radius 2 is 2.16 bits per heavy atom. The number of rotatable bonds is 6. The van der Waals surface area contributed by atoms with Crippen molar-refractivity contribution < 1.29 is 0 Å². The van der Waals surface area contributed by atoms with Crippen molar-refractivity contribution in [2.24, 2.45) is 0 Å². The third kappa shape index (κ3) is 3.67. The molecule has 0 saturated carbocycles. The van der Waals surface area contributed by atoms with E-state index < -0.39 is 0 Å². The Labute approximate surface area is 118 Å². The first-order chi connectivity index (χ1) is 9.22. The monoisotopic (exact) mass is 276 g/mol. The average Bonchev–Trinajstić information content (AvgIpc) is 2.91. The van der Waals surface area contributed by atoms with E-state index in [0.717, 1.165) is 37.0 Å². The molecule has 0 aromatic carbocycles. The molecule has 0 radical (unpaired) electrons. The van der Waals surface area contributed by atoms with Crippen molar-refractivity contribution in [3.05, 3.63) is 34.3 Å². The topological polar surface area (TPSA) is 41.0 Å². The molecule has 0 fully saturated rings. The summed E-state index contributed by atoms with van der Waals surface area (Å²) in [6.45, 7) is 5.90. The minimum Gasteiger partial charge on any atom is -0.370 e. The van der Waals surface area contributed by atoms with Gasteiger partial charge in [0.15, 0.2) is 0 Å². The largest absolute Gasteiger partial charge is 0.370 e. The zero-order chi connectivity index (χ0) is 13.7. The number of nitrogens with zero attached hydrogens (tertiary/aromatic N) is 3. The molecule has 0 aliphatic rings. The molecule has 0 amide bonds. The number of hydrogen-bond donors (Lipinski definition) is 1. The molecule has 0 unspecified atom stereocenters. The van der Waals surface area contributed by atoms with E-state index in [1.54, 1.807) is 11.3 Å². The van der Waals surface area contributed by atoms with Crippen LogP contribution in [-0.4, -0.2) is 23.6 Å². The lowest BCUT2D eigenvalue weighted by Gasteiger charge is -2.19. The molecule has 2 heterocycles. The van der Waals surface area contributed by atoms with E-state index in [9.17, 15) is 0 Å². The van der Waals surface area contributed by atoms with Gasteiger partial charge in [0.05, 0.1) is 6.54 Å². The van der Waals surface area contributed by atoms with E-state index in [1.807, 2.05) is 6.07 Å². The van der Waals surface area contributed by atoms with Crippen molar-refractivity contribution in [1.29, 1.82) is 0 Å². The van der Waals surface area contributed by atoms with Crippen LogP contribution in [0.25, 0.3) is 0 Å². The summed E-state index contributed by atoms with van der Waals surface area (Å²) in [6, 6.07) is 6.24. The summed E-state index contributed by atoms with van der Waals surface area (Å²) >= 11 is 1.77. The lowest BCUT2D eigenvalue weighted by Crippen LogP contribution is -2.18. The van der Waals surface area contributed by atoms with Crippen molar-refractivity contribution in [3.63, 3.8) is 0 Å². The minimum atomic E-state index is 0.846. The third-order valence-electron chi connectivity index (χ3n) is 2.80. The van der Waals surface area contributed by atoms with Crippen LogP contribution in [0.3, 0.4) is 0 Å². The molecule has 0 saturated heterocycles. The number of hydrogen-bond acceptors (Lipinski definition) is 5. The Morgan fingerprint density at radius 3 is 2.79 bits per heavy atom. The van der Waals surface area contributed by atoms with Gasteiger partial charge in [-0.2, -0.15) is 0 Å². The molecule has 2 aromatic heterocycles. The smallest absolute Gasteiger partial charge is 0.134 e. The molecule has 5 heteroatoms. The fourth-order valence-corrected chi connectivity index (χ4v) is 2.58. The van der Waals surface area contributed by atoms with Crippen molar-refractivity contribution >= 4 is 23.0 Å². The SMILES string of the molecule is CCNc1cc(N(C)Cc2cccs2)nc(CC)n1. The normalized spacial score (nSPS) is 10.5. The summed E-state index contributed by atoms with van der Waals surface area (Å²) in [7, 11) is 2.07. The number of aryl methyl sites for hydroxylation is 1. The highest BCUT2D eigenvalue weighted by Gasteiger charge is 2.08. The molecule has 0 spiro atoms. The summed E-state index contributed by atoms with van der Waals surface area (Å²) in [5.41, 5.74) is 0. The Morgan fingerprint density at radius 1 is 1.32 bits per heavy atom. The van der Waals surface area contributed by atoms with Crippen LogP contribution >= 0.6 is 11.3 Å². The number of aromatic nitrogens is 2. The van der Waals surface area contributed by atoms with Gasteiger partial charge in [0.25, 0.3) is 0 Å². The molecule has 0 bridgehead atoms. The highest BCUT2D eigenvalue weighted by Crippen LogP contribution is 2.19. The zero-order valence-corrected chi connectivity index (χ0v) is 12.5. The summed E-state index contributed by atoms with van der Waals surface area (Å²) < 4.78 is 0. The molecule has 0 aliphatic carbocycles. The van der Waals surface area contributed by atoms with Gasteiger partial charge >= 0.3 is 0 Å². The van der Waals surface area contributed by atoms with Crippen molar-refractivity contribution in [1.82, 2.24) is 9.97 Å². The summed E-state index contributed by atoms with van der Waals surface area (Å²) in [5.74, 6) is 2.75. The van der Waals surface area contributed by atoms with Gasteiger partial charge in [-0.25, -0.2) is 9.97 Å². The molecule has 4 nitrogen and oxygen atoms in total. The maximum atomic E-state index is 4.59. The van der Waals surface area contributed by atoms with Crippen molar-refractivity contribution in [2.45, 2.75) is 26.8 Å². The van der Waals surface area contributed by atoms with Crippen molar-refractivity contribution in [2.75, 3.05) is 23.8 Å². The van der Waals surface area contributed by atoms with Crippen LogP contribution in [0.1, 0.15) is 24.5 Å². The second kappa shape index (κ2) is 6.52. The average molecular weight is 276 g/mol. The first-order valence-corrected chi connectivity index (χ1v) is 7.46. The van der Waals surface area contributed by atoms with Crippen LogP contribution in [-0.2, 0) is 13.0 Å². The molecule has 102 valence electrons.